The van der Waals surface area contributed by atoms with Crippen molar-refractivity contribution in [3.05, 3.63) is 58.6 Å². The predicted octanol–water partition coefficient (Wildman–Crippen LogP) is 5.28. The fraction of sp³-hybridized carbons (Fsp3) is 0.300. The van der Waals surface area contributed by atoms with Gasteiger partial charge in [0.25, 0.3) is 5.91 Å². The number of anilines is 1. The Balaban J connectivity index is 0.00000261. The van der Waals surface area contributed by atoms with E-state index in [1.165, 1.54) is 0 Å². The first-order valence-electron chi connectivity index (χ1n) is 8.54. The molecule has 0 N–H and O–H groups in total. The number of halogens is 2. The molecular weight excluding hydrogens is 401 g/mol. The van der Waals surface area contributed by atoms with Crippen molar-refractivity contribution in [2.45, 2.75) is 13.3 Å². The summed E-state index contributed by atoms with van der Waals surface area (Å²) in [5.74, 6) is -0.105. The van der Waals surface area contributed by atoms with Crippen LogP contribution in [-0.2, 0) is 0 Å². The van der Waals surface area contributed by atoms with Gasteiger partial charge in [-0.2, -0.15) is 0 Å². The molecule has 3 rings (SSSR count). The Bertz CT molecular complexity index is 926. The molecule has 1 amide bonds. The van der Waals surface area contributed by atoms with Crippen molar-refractivity contribution < 1.29 is 4.79 Å². The van der Waals surface area contributed by atoms with Crippen LogP contribution in [0.2, 0.25) is 5.02 Å². The number of aromatic nitrogens is 1. The normalized spacial score (nSPS) is 10.9. The summed E-state index contributed by atoms with van der Waals surface area (Å²) in [7, 11) is 4.06. The van der Waals surface area contributed by atoms with Crippen LogP contribution in [0, 0.1) is 6.92 Å². The van der Waals surface area contributed by atoms with Crippen LogP contribution in [0.15, 0.2) is 42.5 Å². The highest BCUT2D eigenvalue weighted by atomic mass is 35.5. The van der Waals surface area contributed by atoms with Crippen LogP contribution < -0.4 is 4.90 Å². The van der Waals surface area contributed by atoms with Gasteiger partial charge in [0.05, 0.1) is 20.8 Å². The Morgan fingerprint density at radius 3 is 2.52 bits per heavy atom. The lowest BCUT2D eigenvalue weighted by molar-refractivity contribution is 0.0986. The third kappa shape index (κ3) is 4.99. The number of hydrogen-bond donors (Lipinski definition) is 0. The molecule has 0 fully saturated rings. The van der Waals surface area contributed by atoms with Gasteiger partial charge in [-0.3, -0.25) is 9.69 Å². The lowest BCUT2D eigenvalue weighted by Crippen LogP contribution is -2.33. The molecule has 1 aromatic heterocycles. The van der Waals surface area contributed by atoms with E-state index in [1.54, 1.807) is 28.4 Å². The number of rotatable bonds is 6. The van der Waals surface area contributed by atoms with Gasteiger partial charge in [0.15, 0.2) is 5.13 Å². The molecule has 0 saturated heterocycles. The van der Waals surface area contributed by atoms with Crippen LogP contribution in [0.5, 0.6) is 0 Å². The molecule has 0 spiro atoms. The number of fused-ring (bicyclic) bond motifs is 1. The highest BCUT2D eigenvalue weighted by Crippen LogP contribution is 2.32. The minimum absolute atomic E-state index is 0. The fourth-order valence-electron chi connectivity index (χ4n) is 2.80. The topological polar surface area (TPSA) is 36.4 Å². The smallest absolute Gasteiger partial charge is 0.261 e. The third-order valence-corrected chi connectivity index (χ3v) is 5.55. The molecule has 144 valence electrons. The van der Waals surface area contributed by atoms with Crippen molar-refractivity contribution >= 4 is 56.6 Å². The van der Waals surface area contributed by atoms with Crippen molar-refractivity contribution in [1.82, 2.24) is 9.88 Å². The highest BCUT2D eigenvalue weighted by Gasteiger charge is 2.23. The zero-order valence-electron chi connectivity index (χ0n) is 15.6. The van der Waals surface area contributed by atoms with E-state index in [4.69, 9.17) is 16.6 Å². The van der Waals surface area contributed by atoms with Gasteiger partial charge >= 0.3 is 0 Å². The number of carbonyl (C=O) groups is 1. The van der Waals surface area contributed by atoms with E-state index in [0.717, 1.165) is 33.9 Å². The van der Waals surface area contributed by atoms with Crippen LogP contribution >= 0.6 is 35.3 Å². The summed E-state index contributed by atoms with van der Waals surface area (Å²) in [6.07, 6.45) is 0.859. The average molecular weight is 424 g/mol. The van der Waals surface area contributed by atoms with Gasteiger partial charge in [0.2, 0.25) is 0 Å². The number of para-hydroxylation sites is 1. The molecule has 1 heterocycles. The molecule has 4 nitrogen and oxygen atoms in total. The molecule has 0 atom stereocenters. The van der Waals surface area contributed by atoms with E-state index in [2.05, 4.69) is 4.90 Å². The summed E-state index contributed by atoms with van der Waals surface area (Å²) in [6.45, 7) is 3.54. The van der Waals surface area contributed by atoms with Gasteiger partial charge in [-0.1, -0.05) is 47.2 Å². The maximum absolute atomic E-state index is 13.2. The zero-order valence-corrected chi connectivity index (χ0v) is 18.0. The molecule has 0 aliphatic carbocycles. The zero-order chi connectivity index (χ0) is 18.7. The minimum atomic E-state index is -0.105. The first-order valence-corrected chi connectivity index (χ1v) is 9.74. The van der Waals surface area contributed by atoms with Gasteiger partial charge in [-0.25, -0.2) is 4.98 Å². The summed E-state index contributed by atoms with van der Waals surface area (Å²) in [5, 5.41) is 1.19. The van der Waals surface area contributed by atoms with E-state index in [-0.39, 0.29) is 18.3 Å². The molecule has 0 aliphatic rings. The second-order valence-corrected chi connectivity index (χ2v) is 7.93. The Kier molecular flexibility index (Phi) is 7.62. The van der Waals surface area contributed by atoms with Crippen molar-refractivity contribution in [2.24, 2.45) is 0 Å². The molecule has 0 bridgehead atoms. The van der Waals surface area contributed by atoms with Gasteiger partial charge in [0.1, 0.15) is 0 Å². The van der Waals surface area contributed by atoms with Crippen LogP contribution in [-0.4, -0.2) is 43.0 Å². The maximum atomic E-state index is 13.2. The summed E-state index contributed by atoms with van der Waals surface area (Å²) >= 11 is 7.81. The number of hydrogen-bond acceptors (Lipinski definition) is 4. The largest absolute Gasteiger partial charge is 0.309 e. The van der Waals surface area contributed by atoms with Gasteiger partial charge in [0, 0.05) is 6.54 Å². The minimum Gasteiger partial charge on any atom is -0.309 e. The summed E-state index contributed by atoms with van der Waals surface area (Å²) in [4.78, 5) is 21.8. The molecule has 0 saturated carbocycles. The second kappa shape index (κ2) is 9.51. The highest BCUT2D eigenvalue weighted by molar-refractivity contribution is 7.22. The van der Waals surface area contributed by atoms with Crippen LogP contribution in [0.1, 0.15) is 22.3 Å². The Morgan fingerprint density at radius 1 is 1.11 bits per heavy atom. The lowest BCUT2D eigenvalue weighted by Gasteiger charge is -2.21. The molecule has 0 radical (unpaired) electrons. The first-order chi connectivity index (χ1) is 12.5. The first kappa shape index (κ1) is 21.6. The van der Waals surface area contributed by atoms with Crippen LogP contribution in [0.4, 0.5) is 5.13 Å². The number of amides is 1. The lowest BCUT2D eigenvalue weighted by atomic mass is 10.2. The quantitative estimate of drug-likeness (QED) is 0.540. The van der Waals surface area contributed by atoms with Crippen molar-refractivity contribution in [2.75, 3.05) is 32.1 Å². The molecule has 0 unspecified atom stereocenters. The van der Waals surface area contributed by atoms with Gasteiger partial charge in [-0.15, -0.1) is 12.4 Å². The number of aryl methyl sites for hydroxylation is 1. The fourth-order valence-corrected chi connectivity index (χ4v) is 4.08. The summed E-state index contributed by atoms with van der Waals surface area (Å²) in [6, 6.07) is 13.3. The number of carbonyl (C=O) groups excluding carboxylic acids is 1. The number of benzene rings is 2. The Labute approximate surface area is 175 Å². The van der Waals surface area contributed by atoms with Crippen LogP contribution in [0.3, 0.4) is 0 Å². The van der Waals surface area contributed by atoms with E-state index in [0.29, 0.717) is 17.1 Å². The van der Waals surface area contributed by atoms with E-state index >= 15 is 0 Å². The van der Waals surface area contributed by atoms with Crippen molar-refractivity contribution in [1.29, 1.82) is 0 Å². The second-order valence-electron chi connectivity index (χ2n) is 6.51. The Morgan fingerprint density at radius 2 is 1.85 bits per heavy atom. The Hall–Kier alpha value is -1.66. The predicted molar refractivity (Wildman–Crippen MR) is 118 cm³/mol. The summed E-state index contributed by atoms with van der Waals surface area (Å²) < 4.78 is 1.09. The number of nitrogens with zero attached hydrogens (tertiary/aromatic N) is 3. The van der Waals surface area contributed by atoms with Gasteiger partial charge < -0.3 is 4.90 Å². The molecular formula is C20H23Cl2N3OS. The van der Waals surface area contributed by atoms with Gasteiger partial charge in [-0.05, 0) is 57.7 Å². The third-order valence-electron chi connectivity index (χ3n) is 4.18. The number of thiazole rings is 1. The van der Waals surface area contributed by atoms with Crippen molar-refractivity contribution in [3.63, 3.8) is 0 Å². The average Bonchev–Trinajstić information content (AvgIpc) is 3.03. The van der Waals surface area contributed by atoms with Crippen LogP contribution in [0.25, 0.3) is 10.2 Å². The molecule has 3 aromatic rings. The SMILES string of the molecule is Cc1cccc2sc(N(CCCN(C)C)C(=O)c3ccccc3Cl)nc12.Cl. The molecule has 27 heavy (non-hydrogen) atoms. The van der Waals surface area contributed by atoms with E-state index < -0.39 is 0 Å². The maximum Gasteiger partial charge on any atom is 0.261 e. The summed E-state index contributed by atoms with van der Waals surface area (Å²) in [5.41, 5.74) is 2.58. The standard InChI is InChI=1S/C20H22ClN3OS.ClH/c1-14-8-6-11-17-18(14)22-20(26-17)24(13-7-12-23(2)3)19(25)15-9-4-5-10-16(15)21;/h4-6,8-11H,7,12-13H2,1-3H3;1H. The molecule has 0 aliphatic heterocycles. The van der Waals surface area contributed by atoms with E-state index in [9.17, 15) is 4.79 Å². The monoisotopic (exact) mass is 423 g/mol. The van der Waals surface area contributed by atoms with E-state index in [1.807, 2.05) is 51.4 Å². The molecule has 7 heteroatoms. The van der Waals surface area contributed by atoms with Crippen molar-refractivity contribution in [3.8, 4) is 0 Å². The molecule has 2 aromatic carbocycles.